The Labute approximate surface area is 125 Å². The first-order chi connectivity index (χ1) is 9.06. The molecule has 1 saturated carbocycles. The lowest BCUT2D eigenvalue weighted by Crippen LogP contribution is -2.37. The molecule has 1 fully saturated rings. The maximum atomic E-state index is 13.6. The Hall–Kier alpha value is -0.610. The van der Waals surface area contributed by atoms with Crippen LogP contribution < -0.4 is 5.32 Å². The SMILES string of the molecule is O=C(NCC1(CCl)CCCC1)c1cc(Br)ccc1F. The molecule has 1 aliphatic carbocycles. The fourth-order valence-corrected chi connectivity index (χ4v) is 3.24. The molecule has 0 bridgehead atoms. The summed E-state index contributed by atoms with van der Waals surface area (Å²) in [6.45, 7) is 0.515. The molecular weight excluding hydrogens is 333 g/mol. The smallest absolute Gasteiger partial charge is 0.254 e. The first-order valence-corrected chi connectivity index (χ1v) is 7.68. The molecule has 0 saturated heterocycles. The molecule has 0 atom stereocenters. The van der Waals surface area contributed by atoms with E-state index >= 15 is 0 Å². The van der Waals surface area contributed by atoms with Gasteiger partial charge in [-0.1, -0.05) is 28.8 Å². The summed E-state index contributed by atoms with van der Waals surface area (Å²) < 4.78 is 14.3. The van der Waals surface area contributed by atoms with Gasteiger partial charge in [0.05, 0.1) is 5.56 Å². The Kier molecular flexibility index (Phi) is 4.85. The molecule has 0 heterocycles. The van der Waals surface area contributed by atoms with Crippen molar-refractivity contribution in [2.24, 2.45) is 5.41 Å². The maximum absolute atomic E-state index is 13.6. The molecule has 2 nitrogen and oxygen atoms in total. The van der Waals surface area contributed by atoms with Crippen LogP contribution in [0.5, 0.6) is 0 Å². The van der Waals surface area contributed by atoms with Gasteiger partial charge in [-0.2, -0.15) is 0 Å². The van der Waals surface area contributed by atoms with E-state index in [1.54, 1.807) is 6.07 Å². The number of amides is 1. The molecule has 0 unspecified atom stereocenters. The van der Waals surface area contributed by atoms with Gasteiger partial charge in [-0.05, 0) is 31.0 Å². The number of hydrogen-bond acceptors (Lipinski definition) is 1. The summed E-state index contributed by atoms with van der Waals surface area (Å²) in [4.78, 5) is 12.0. The van der Waals surface area contributed by atoms with Gasteiger partial charge >= 0.3 is 0 Å². The van der Waals surface area contributed by atoms with Gasteiger partial charge in [0.25, 0.3) is 5.91 Å². The summed E-state index contributed by atoms with van der Waals surface area (Å²) in [5, 5.41) is 2.82. The van der Waals surface area contributed by atoms with Crippen molar-refractivity contribution in [1.82, 2.24) is 5.32 Å². The van der Waals surface area contributed by atoms with Crippen LogP contribution in [-0.4, -0.2) is 18.3 Å². The first kappa shape index (κ1) is 14.8. The first-order valence-electron chi connectivity index (χ1n) is 6.36. The number of benzene rings is 1. The molecule has 5 heteroatoms. The predicted molar refractivity (Wildman–Crippen MR) is 78.1 cm³/mol. The minimum absolute atomic E-state index is 0.0142. The van der Waals surface area contributed by atoms with Crippen LogP contribution in [-0.2, 0) is 0 Å². The largest absolute Gasteiger partial charge is 0.351 e. The van der Waals surface area contributed by atoms with Crippen LogP contribution in [0.3, 0.4) is 0 Å². The van der Waals surface area contributed by atoms with E-state index < -0.39 is 5.82 Å². The third-order valence-electron chi connectivity index (χ3n) is 3.74. The average Bonchev–Trinajstić information content (AvgIpc) is 2.88. The van der Waals surface area contributed by atoms with Gasteiger partial charge in [-0.3, -0.25) is 4.79 Å². The molecule has 104 valence electrons. The number of hydrogen-bond donors (Lipinski definition) is 1. The molecule has 1 N–H and O–H groups in total. The average molecular weight is 349 g/mol. The Bertz CT molecular complexity index is 475. The van der Waals surface area contributed by atoms with Gasteiger partial charge in [-0.15, -0.1) is 11.6 Å². The molecule has 0 aromatic heterocycles. The summed E-state index contributed by atoms with van der Waals surface area (Å²) in [5.41, 5.74) is 0.0526. The van der Waals surface area contributed by atoms with Crippen LogP contribution in [0.4, 0.5) is 4.39 Å². The lowest BCUT2D eigenvalue weighted by Gasteiger charge is -2.26. The molecule has 1 aromatic rings. The molecule has 0 aliphatic heterocycles. The zero-order valence-electron chi connectivity index (χ0n) is 10.5. The molecule has 1 aliphatic rings. The van der Waals surface area contributed by atoms with E-state index in [0.717, 1.165) is 25.7 Å². The second kappa shape index (κ2) is 6.23. The summed E-state index contributed by atoms with van der Waals surface area (Å²) in [5.74, 6) is -0.351. The van der Waals surface area contributed by atoms with E-state index in [4.69, 9.17) is 11.6 Å². The van der Waals surface area contributed by atoms with Crippen LogP contribution in [0, 0.1) is 11.2 Å². The van der Waals surface area contributed by atoms with Gasteiger partial charge in [0, 0.05) is 22.3 Å². The van der Waals surface area contributed by atoms with E-state index in [0.29, 0.717) is 16.9 Å². The molecular formula is C14H16BrClFNO. The Morgan fingerprint density at radius 1 is 1.42 bits per heavy atom. The summed E-state index contributed by atoms with van der Waals surface area (Å²) in [6.07, 6.45) is 4.34. The quantitative estimate of drug-likeness (QED) is 0.815. The van der Waals surface area contributed by atoms with Crippen molar-refractivity contribution in [1.29, 1.82) is 0 Å². The Morgan fingerprint density at radius 3 is 2.74 bits per heavy atom. The number of alkyl halides is 1. The minimum atomic E-state index is -0.507. The van der Waals surface area contributed by atoms with Gasteiger partial charge in [-0.25, -0.2) is 4.39 Å². The van der Waals surface area contributed by atoms with Gasteiger partial charge in [0.1, 0.15) is 5.82 Å². The molecule has 19 heavy (non-hydrogen) atoms. The van der Waals surface area contributed by atoms with Gasteiger partial charge < -0.3 is 5.32 Å². The summed E-state index contributed by atoms with van der Waals surface area (Å²) in [7, 11) is 0. The number of carbonyl (C=O) groups is 1. The monoisotopic (exact) mass is 347 g/mol. The highest BCUT2D eigenvalue weighted by molar-refractivity contribution is 9.10. The number of carbonyl (C=O) groups excluding carboxylic acids is 1. The highest BCUT2D eigenvalue weighted by Gasteiger charge is 2.33. The third-order valence-corrected chi connectivity index (χ3v) is 4.80. The molecule has 1 aromatic carbocycles. The van der Waals surface area contributed by atoms with Crippen LogP contribution in [0.25, 0.3) is 0 Å². The van der Waals surface area contributed by atoms with Crippen molar-refractivity contribution in [2.75, 3.05) is 12.4 Å². The molecule has 0 radical (unpaired) electrons. The van der Waals surface area contributed by atoms with Gasteiger partial charge in [0.15, 0.2) is 0 Å². The predicted octanol–water partition coefficient (Wildman–Crippen LogP) is 4.12. The van der Waals surface area contributed by atoms with Crippen LogP contribution >= 0.6 is 27.5 Å². The highest BCUT2D eigenvalue weighted by atomic mass is 79.9. The van der Waals surface area contributed by atoms with E-state index in [9.17, 15) is 9.18 Å². The van der Waals surface area contributed by atoms with Crippen LogP contribution in [0.2, 0.25) is 0 Å². The Morgan fingerprint density at radius 2 is 2.11 bits per heavy atom. The Balaban J connectivity index is 2.03. The summed E-state index contributed by atoms with van der Waals surface area (Å²) in [6, 6.07) is 4.35. The van der Waals surface area contributed by atoms with Crippen molar-refractivity contribution >= 4 is 33.4 Å². The second-order valence-electron chi connectivity index (χ2n) is 5.15. The topological polar surface area (TPSA) is 29.1 Å². The maximum Gasteiger partial charge on any atom is 0.254 e. The normalized spacial score (nSPS) is 17.4. The van der Waals surface area contributed by atoms with E-state index in [1.807, 2.05) is 0 Å². The van der Waals surface area contributed by atoms with E-state index in [1.165, 1.54) is 12.1 Å². The van der Waals surface area contributed by atoms with Crippen LogP contribution in [0.15, 0.2) is 22.7 Å². The minimum Gasteiger partial charge on any atom is -0.351 e. The van der Waals surface area contributed by atoms with Crippen molar-refractivity contribution in [3.8, 4) is 0 Å². The fraction of sp³-hybridized carbons (Fsp3) is 0.500. The molecule has 0 spiro atoms. The zero-order valence-corrected chi connectivity index (χ0v) is 12.9. The van der Waals surface area contributed by atoms with Crippen molar-refractivity contribution in [3.63, 3.8) is 0 Å². The lowest BCUT2D eigenvalue weighted by atomic mass is 9.88. The van der Waals surface area contributed by atoms with Gasteiger partial charge in [0.2, 0.25) is 0 Å². The standard InChI is InChI=1S/C14H16BrClFNO/c15-10-3-4-12(17)11(7-10)13(19)18-9-14(8-16)5-1-2-6-14/h3-4,7H,1-2,5-6,8-9H2,(H,18,19). The van der Waals surface area contributed by atoms with Crippen molar-refractivity contribution in [3.05, 3.63) is 34.1 Å². The number of nitrogens with one attached hydrogen (secondary N) is 1. The highest BCUT2D eigenvalue weighted by Crippen LogP contribution is 2.38. The number of rotatable bonds is 4. The third kappa shape index (κ3) is 3.48. The van der Waals surface area contributed by atoms with E-state index in [-0.39, 0.29) is 16.9 Å². The number of halogens is 3. The zero-order chi connectivity index (χ0) is 13.9. The molecule has 1 amide bonds. The fourth-order valence-electron chi connectivity index (χ4n) is 2.52. The summed E-state index contributed by atoms with van der Waals surface area (Å²) >= 11 is 9.26. The van der Waals surface area contributed by atoms with E-state index in [2.05, 4.69) is 21.2 Å². The second-order valence-corrected chi connectivity index (χ2v) is 6.33. The van der Waals surface area contributed by atoms with Crippen molar-refractivity contribution < 1.29 is 9.18 Å². The molecule has 2 rings (SSSR count). The van der Waals surface area contributed by atoms with Crippen LogP contribution in [0.1, 0.15) is 36.0 Å². The van der Waals surface area contributed by atoms with Crippen molar-refractivity contribution in [2.45, 2.75) is 25.7 Å². The lowest BCUT2D eigenvalue weighted by molar-refractivity contribution is 0.0931.